The molecule has 0 amide bonds. The van der Waals surface area contributed by atoms with Crippen LogP contribution in [0.4, 0.5) is 13.2 Å². The third kappa shape index (κ3) is 3.01. The topological polar surface area (TPSA) is 59.6 Å². The van der Waals surface area contributed by atoms with Crippen molar-refractivity contribution >= 4 is 5.71 Å². The van der Waals surface area contributed by atoms with E-state index in [2.05, 4.69) is 22.0 Å². The van der Waals surface area contributed by atoms with Crippen LogP contribution in [0.5, 0.6) is 0 Å². The molecular formula is C16H16F3N3O2. The highest BCUT2D eigenvalue weighted by molar-refractivity contribution is 6.01. The number of halogens is 3. The normalized spacial score (nSPS) is 20.8. The van der Waals surface area contributed by atoms with E-state index in [9.17, 15) is 18.3 Å². The van der Waals surface area contributed by atoms with Gasteiger partial charge in [-0.2, -0.15) is 18.3 Å². The zero-order valence-electron chi connectivity index (χ0n) is 12.9. The molecule has 0 saturated heterocycles. The summed E-state index contributed by atoms with van der Waals surface area (Å²) < 4.78 is 40.0. The second-order valence-corrected chi connectivity index (χ2v) is 5.66. The van der Waals surface area contributed by atoms with E-state index in [-0.39, 0.29) is 5.71 Å². The highest BCUT2D eigenvalue weighted by atomic mass is 19.4. The summed E-state index contributed by atoms with van der Waals surface area (Å²) in [6, 6.07) is 6.85. The van der Waals surface area contributed by atoms with Gasteiger partial charge in [0.15, 0.2) is 0 Å². The number of alkyl halides is 3. The fourth-order valence-electron chi connectivity index (χ4n) is 2.45. The van der Waals surface area contributed by atoms with Gasteiger partial charge in [0.2, 0.25) is 0 Å². The van der Waals surface area contributed by atoms with E-state index in [4.69, 9.17) is 0 Å². The second kappa shape index (κ2) is 5.94. The van der Waals surface area contributed by atoms with Crippen LogP contribution < -0.4 is 0 Å². The molecule has 2 heterocycles. The summed E-state index contributed by atoms with van der Waals surface area (Å²) in [5.74, 6) is -3.25. The molecule has 2 aromatic rings. The van der Waals surface area contributed by atoms with Gasteiger partial charge in [0, 0.05) is 18.3 Å². The van der Waals surface area contributed by atoms with Crippen LogP contribution in [-0.2, 0) is 11.4 Å². The third-order valence-corrected chi connectivity index (χ3v) is 3.79. The minimum absolute atomic E-state index is 0.0584. The molecule has 0 spiro atoms. The molecule has 0 bridgehead atoms. The minimum atomic E-state index is -4.90. The second-order valence-electron chi connectivity index (χ2n) is 5.66. The molecule has 3 rings (SSSR count). The largest absolute Gasteiger partial charge is 0.458 e. The van der Waals surface area contributed by atoms with Crippen LogP contribution in [0.2, 0.25) is 0 Å². The van der Waals surface area contributed by atoms with Crippen LogP contribution in [0.15, 0.2) is 41.8 Å². The van der Waals surface area contributed by atoms with E-state index < -0.39 is 18.4 Å². The molecule has 1 aliphatic rings. The smallest absolute Gasteiger partial charge is 0.350 e. The number of hydrogen-bond donors (Lipinski definition) is 1. The lowest BCUT2D eigenvalue weighted by atomic mass is 10.00. The van der Waals surface area contributed by atoms with Crippen LogP contribution in [-0.4, -0.2) is 32.6 Å². The van der Waals surface area contributed by atoms with Crippen molar-refractivity contribution < 1.29 is 23.1 Å². The number of hydrogen-bond acceptors (Lipinski definition) is 4. The number of nitrogens with zero attached hydrogens (tertiary/aromatic N) is 3. The van der Waals surface area contributed by atoms with E-state index in [0.29, 0.717) is 5.56 Å². The lowest BCUT2D eigenvalue weighted by molar-refractivity contribution is -0.355. The monoisotopic (exact) mass is 339 g/mol. The summed E-state index contributed by atoms with van der Waals surface area (Å²) in [5.41, 5.74) is 2.35. The van der Waals surface area contributed by atoms with Crippen LogP contribution >= 0.6 is 0 Å². The third-order valence-electron chi connectivity index (χ3n) is 3.79. The predicted octanol–water partition coefficient (Wildman–Crippen LogP) is 3.34. The van der Waals surface area contributed by atoms with Crippen molar-refractivity contribution in [1.29, 1.82) is 0 Å². The van der Waals surface area contributed by atoms with Crippen molar-refractivity contribution in [1.82, 2.24) is 9.78 Å². The summed E-state index contributed by atoms with van der Waals surface area (Å²) >= 11 is 0. The Hall–Kier alpha value is -2.35. The fourth-order valence-corrected chi connectivity index (χ4v) is 2.45. The summed E-state index contributed by atoms with van der Waals surface area (Å²) in [6.45, 7) is 2.88. The number of aryl methyl sites for hydroxylation is 1. The SMILES string of the molecule is CCCn1cc(-c2ccc(C3=NOC(O)(C(F)(F)F)C3)cc2)cn1. The van der Waals surface area contributed by atoms with Crippen molar-refractivity contribution in [2.24, 2.45) is 5.16 Å². The van der Waals surface area contributed by atoms with Gasteiger partial charge in [0.05, 0.1) is 18.3 Å². The molecule has 1 N–H and O–H groups in total. The fraction of sp³-hybridized carbons (Fsp3) is 0.375. The Kier molecular flexibility index (Phi) is 4.08. The van der Waals surface area contributed by atoms with Crippen molar-refractivity contribution in [2.75, 3.05) is 0 Å². The Labute approximate surface area is 136 Å². The molecule has 1 unspecified atom stereocenters. The van der Waals surface area contributed by atoms with E-state index in [1.54, 1.807) is 30.5 Å². The van der Waals surface area contributed by atoms with Crippen LogP contribution in [0.1, 0.15) is 25.3 Å². The molecule has 1 aromatic heterocycles. The number of benzene rings is 1. The quantitative estimate of drug-likeness (QED) is 0.929. The summed E-state index contributed by atoms with van der Waals surface area (Å²) in [7, 11) is 0. The maximum absolute atomic E-state index is 12.7. The molecule has 1 aliphatic heterocycles. The molecule has 1 aromatic carbocycles. The maximum Gasteiger partial charge on any atom is 0.458 e. The van der Waals surface area contributed by atoms with E-state index in [0.717, 1.165) is 24.1 Å². The molecule has 24 heavy (non-hydrogen) atoms. The number of aliphatic hydroxyl groups is 1. The minimum Gasteiger partial charge on any atom is -0.350 e. The predicted molar refractivity (Wildman–Crippen MR) is 81.2 cm³/mol. The standard InChI is InChI=1S/C16H16F3N3O2/c1-2-7-22-10-13(9-20-22)11-3-5-12(6-4-11)14-8-15(23,24-21-14)16(17,18)19/h3-6,9-10,23H,2,7-8H2,1H3. The van der Waals surface area contributed by atoms with Gasteiger partial charge >= 0.3 is 12.0 Å². The van der Waals surface area contributed by atoms with Gasteiger partial charge in [-0.1, -0.05) is 36.3 Å². The summed E-state index contributed by atoms with van der Waals surface area (Å²) in [4.78, 5) is 4.22. The van der Waals surface area contributed by atoms with Gasteiger partial charge in [-0.25, -0.2) is 0 Å². The number of oxime groups is 1. The molecule has 8 heteroatoms. The first-order valence-electron chi connectivity index (χ1n) is 7.50. The molecule has 128 valence electrons. The van der Waals surface area contributed by atoms with Gasteiger partial charge in [-0.15, -0.1) is 0 Å². The lowest BCUT2D eigenvalue weighted by Gasteiger charge is -2.22. The molecular weight excluding hydrogens is 323 g/mol. The Bertz CT molecular complexity index is 753. The van der Waals surface area contributed by atoms with Crippen molar-refractivity contribution in [3.63, 3.8) is 0 Å². The Balaban J connectivity index is 1.76. The summed E-state index contributed by atoms with van der Waals surface area (Å²) in [5, 5.41) is 17.1. The van der Waals surface area contributed by atoms with Crippen LogP contribution in [0, 0.1) is 0 Å². The first-order valence-corrected chi connectivity index (χ1v) is 7.50. The first kappa shape index (κ1) is 16.5. The Morgan fingerprint density at radius 2 is 1.88 bits per heavy atom. The van der Waals surface area contributed by atoms with Crippen molar-refractivity contribution in [3.8, 4) is 11.1 Å². The average molecular weight is 339 g/mol. The molecule has 1 atom stereocenters. The van der Waals surface area contributed by atoms with Crippen LogP contribution in [0.3, 0.4) is 0 Å². The van der Waals surface area contributed by atoms with Gasteiger partial charge in [0.1, 0.15) is 0 Å². The van der Waals surface area contributed by atoms with Gasteiger partial charge in [-0.05, 0) is 17.5 Å². The molecule has 0 saturated carbocycles. The van der Waals surface area contributed by atoms with Gasteiger partial charge in [-0.3, -0.25) is 4.68 Å². The number of rotatable bonds is 4. The highest BCUT2D eigenvalue weighted by Crippen LogP contribution is 2.39. The van der Waals surface area contributed by atoms with Crippen molar-refractivity contribution in [3.05, 3.63) is 42.2 Å². The van der Waals surface area contributed by atoms with E-state index >= 15 is 0 Å². The number of aromatic nitrogens is 2. The molecule has 0 aliphatic carbocycles. The first-order chi connectivity index (χ1) is 11.3. The van der Waals surface area contributed by atoms with Gasteiger partial charge in [0.25, 0.3) is 0 Å². The van der Waals surface area contributed by atoms with Crippen molar-refractivity contribution in [2.45, 2.75) is 38.3 Å². The molecule has 0 fully saturated rings. The molecule has 5 nitrogen and oxygen atoms in total. The average Bonchev–Trinajstić information content (AvgIpc) is 3.15. The van der Waals surface area contributed by atoms with E-state index in [1.807, 2.05) is 10.9 Å². The highest BCUT2D eigenvalue weighted by Gasteiger charge is 2.60. The van der Waals surface area contributed by atoms with Crippen LogP contribution in [0.25, 0.3) is 11.1 Å². The zero-order valence-corrected chi connectivity index (χ0v) is 12.9. The summed E-state index contributed by atoms with van der Waals surface area (Å²) in [6.07, 6.45) is -1.00. The lowest BCUT2D eigenvalue weighted by Crippen LogP contribution is -2.45. The Morgan fingerprint density at radius 1 is 1.21 bits per heavy atom. The zero-order chi connectivity index (χ0) is 17.4. The maximum atomic E-state index is 12.7. The van der Waals surface area contributed by atoms with E-state index in [1.165, 1.54) is 0 Å². The molecule has 0 radical (unpaired) electrons. The van der Waals surface area contributed by atoms with Gasteiger partial charge < -0.3 is 9.94 Å². The Morgan fingerprint density at radius 3 is 2.46 bits per heavy atom.